The monoisotopic (exact) mass is 393 g/mol. The van der Waals surface area contributed by atoms with Crippen LogP contribution in [0.4, 0.5) is 5.69 Å². The highest BCUT2D eigenvalue weighted by molar-refractivity contribution is 7.99. The summed E-state index contributed by atoms with van der Waals surface area (Å²) < 4.78 is 5.40. The number of carbonyl (C=O) groups excluding carboxylic acids is 1. The summed E-state index contributed by atoms with van der Waals surface area (Å²) in [6, 6.07) is 15.6. The molecule has 1 aliphatic rings. The van der Waals surface area contributed by atoms with Crippen molar-refractivity contribution in [2.75, 3.05) is 29.9 Å². The van der Waals surface area contributed by atoms with Crippen molar-refractivity contribution in [3.8, 4) is 11.5 Å². The number of aryl methyl sites for hydroxylation is 1. The van der Waals surface area contributed by atoms with Crippen molar-refractivity contribution in [1.82, 2.24) is 9.88 Å². The minimum atomic E-state index is -0.299. The number of benzene rings is 2. The first kappa shape index (κ1) is 18.8. The summed E-state index contributed by atoms with van der Waals surface area (Å²) in [7, 11) is 0. The number of carbonyl (C=O) groups is 1. The number of hydrogen-bond donors (Lipinski definition) is 1. The Hall–Kier alpha value is -2.57. The van der Waals surface area contributed by atoms with Crippen molar-refractivity contribution in [2.45, 2.75) is 13.0 Å². The van der Waals surface area contributed by atoms with E-state index < -0.39 is 0 Å². The molecule has 1 aliphatic heterocycles. The Kier molecular flexibility index (Phi) is 5.78. The van der Waals surface area contributed by atoms with Gasteiger partial charge in [-0.2, -0.15) is 11.8 Å². The zero-order chi connectivity index (χ0) is 19.3. The summed E-state index contributed by atoms with van der Waals surface area (Å²) in [6.45, 7) is 3.81. The number of oxazole rings is 1. The first-order chi connectivity index (χ1) is 13.7. The Labute approximate surface area is 169 Å². The van der Waals surface area contributed by atoms with E-state index in [-0.39, 0.29) is 11.9 Å². The average Bonchev–Trinajstić information content (AvgIpc) is 3.26. The molecule has 5 nitrogen and oxygen atoms in total. The molecule has 1 saturated heterocycles. The fourth-order valence-electron chi connectivity index (χ4n) is 3.46. The standard InChI is InChI=1S/C22H23N3O2S/c1-16-7-8-18(22-23-9-12-27-22)15-19(16)24-21(26)20(17-5-3-2-4-6-17)25-10-13-28-14-11-25/h2-9,12,15,20H,10-11,13-14H2,1H3,(H,24,26). The molecule has 6 heteroatoms. The van der Waals surface area contributed by atoms with E-state index in [1.54, 1.807) is 12.5 Å². The van der Waals surface area contributed by atoms with E-state index in [0.29, 0.717) is 5.89 Å². The maximum absolute atomic E-state index is 13.4. The highest BCUT2D eigenvalue weighted by Crippen LogP contribution is 2.28. The molecule has 0 spiro atoms. The highest BCUT2D eigenvalue weighted by Gasteiger charge is 2.29. The maximum atomic E-state index is 13.4. The van der Waals surface area contributed by atoms with Crippen LogP contribution in [0.1, 0.15) is 17.2 Å². The topological polar surface area (TPSA) is 58.4 Å². The molecule has 0 saturated carbocycles. The predicted octanol–water partition coefficient (Wildman–Crippen LogP) is 4.38. The molecule has 0 aliphatic carbocycles. The Balaban J connectivity index is 1.62. The SMILES string of the molecule is Cc1ccc(-c2ncco2)cc1NC(=O)C(c1ccccc1)N1CCSCC1. The number of hydrogen-bond acceptors (Lipinski definition) is 5. The Bertz CT molecular complexity index is 922. The third-order valence-corrected chi connectivity index (χ3v) is 5.89. The number of anilines is 1. The zero-order valence-corrected chi connectivity index (χ0v) is 16.6. The van der Waals surface area contributed by atoms with Crippen LogP contribution in [0.25, 0.3) is 11.5 Å². The number of nitrogens with zero attached hydrogens (tertiary/aromatic N) is 2. The number of rotatable bonds is 5. The highest BCUT2D eigenvalue weighted by atomic mass is 32.2. The van der Waals surface area contributed by atoms with Crippen molar-refractivity contribution in [3.05, 3.63) is 72.1 Å². The summed E-state index contributed by atoms with van der Waals surface area (Å²) in [6.07, 6.45) is 3.17. The van der Waals surface area contributed by atoms with Gasteiger partial charge in [0, 0.05) is 35.8 Å². The number of thioether (sulfide) groups is 1. The normalized spacial score (nSPS) is 15.9. The number of amides is 1. The lowest BCUT2D eigenvalue weighted by Crippen LogP contribution is -2.42. The molecule has 144 valence electrons. The van der Waals surface area contributed by atoms with Gasteiger partial charge in [-0.25, -0.2) is 4.98 Å². The van der Waals surface area contributed by atoms with Crippen LogP contribution in [-0.4, -0.2) is 40.4 Å². The molecule has 1 atom stereocenters. The Morgan fingerprint density at radius 2 is 1.96 bits per heavy atom. The van der Waals surface area contributed by atoms with E-state index in [1.165, 1.54) is 0 Å². The molecule has 28 heavy (non-hydrogen) atoms. The summed E-state index contributed by atoms with van der Waals surface area (Å²) in [4.78, 5) is 19.8. The number of aromatic nitrogens is 1. The van der Waals surface area contributed by atoms with Gasteiger partial charge in [-0.1, -0.05) is 36.4 Å². The van der Waals surface area contributed by atoms with Crippen molar-refractivity contribution < 1.29 is 9.21 Å². The molecule has 3 aromatic rings. The second-order valence-corrected chi connectivity index (χ2v) is 8.04. The fraction of sp³-hybridized carbons (Fsp3) is 0.273. The van der Waals surface area contributed by atoms with Gasteiger partial charge in [0.1, 0.15) is 12.3 Å². The van der Waals surface area contributed by atoms with Crippen LogP contribution >= 0.6 is 11.8 Å². The van der Waals surface area contributed by atoms with E-state index in [9.17, 15) is 4.79 Å². The molecular formula is C22H23N3O2S. The van der Waals surface area contributed by atoms with Gasteiger partial charge in [-0.3, -0.25) is 9.69 Å². The lowest BCUT2D eigenvalue weighted by Gasteiger charge is -2.33. The van der Waals surface area contributed by atoms with E-state index in [2.05, 4.69) is 15.2 Å². The first-order valence-electron chi connectivity index (χ1n) is 9.40. The molecular weight excluding hydrogens is 370 g/mol. The van der Waals surface area contributed by atoms with Gasteiger partial charge in [-0.15, -0.1) is 0 Å². The lowest BCUT2D eigenvalue weighted by atomic mass is 10.0. The van der Waals surface area contributed by atoms with Gasteiger partial charge in [-0.05, 0) is 30.2 Å². The van der Waals surface area contributed by atoms with Crippen molar-refractivity contribution in [2.24, 2.45) is 0 Å². The fourth-order valence-corrected chi connectivity index (χ4v) is 4.39. The molecule has 1 fully saturated rings. The van der Waals surface area contributed by atoms with E-state index in [4.69, 9.17) is 4.42 Å². The van der Waals surface area contributed by atoms with Gasteiger partial charge < -0.3 is 9.73 Å². The van der Waals surface area contributed by atoms with Gasteiger partial charge in [0.25, 0.3) is 0 Å². The molecule has 2 aromatic carbocycles. The van der Waals surface area contributed by atoms with Crippen LogP contribution < -0.4 is 5.32 Å². The van der Waals surface area contributed by atoms with Crippen LogP contribution in [0, 0.1) is 6.92 Å². The van der Waals surface area contributed by atoms with E-state index in [0.717, 1.165) is 47.0 Å². The van der Waals surface area contributed by atoms with Crippen molar-refractivity contribution in [3.63, 3.8) is 0 Å². The van der Waals surface area contributed by atoms with Gasteiger partial charge in [0.05, 0.1) is 6.20 Å². The molecule has 1 aromatic heterocycles. The van der Waals surface area contributed by atoms with Crippen LogP contribution in [0.2, 0.25) is 0 Å². The van der Waals surface area contributed by atoms with Crippen LogP contribution in [0.15, 0.2) is 65.4 Å². The smallest absolute Gasteiger partial charge is 0.246 e. The quantitative estimate of drug-likeness (QED) is 0.697. The lowest BCUT2D eigenvalue weighted by molar-refractivity contribution is -0.121. The Morgan fingerprint density at radius 3 is 2.68 bits per heavy atom. The zero-order valence-electron chi connectivity index (χ0n) is 15.8. The predicted molar refractivity (Wildman–Crippen MR) is 113 cm³/mol. The molecule has 1 N–H and O–H groups in total. The number of nitrogens with one attached hydrogen (secondary N) is 1. The third-order valence-electron chi connectivity index (χ3n) is 4.95. The van der Waals surface area contributed by atoms with E-state index >= 15 is 0 Å². The van der Waals surface area contributed by atoms with Gasteiger partial charge >= 0.3 is 0 Å². The van der Waals surface area contributed by atoms with Gasteiger partial charge in [0.2, 0.25) is 11.8 Å². The van der Waals surface area contributed by atoms with Crippen LogP contribution in [0.5, 0.6) is 0 Å². The maximum Gasteiger partial charge on any atom is 0.246 e. The summed E-state index contributed by atoms with van der Waals surface area (Å²) in [5.41, 5.74) is 3.66. The molecule has 2 heterocycles. The molecule has 0 bridgehead atoms. The minimum absolute atomic E-state index is 0.00856. The average molecular weight is 394 g/mol. The first-order valence-corrected chi connectivity index (χ1v) is 10.6. The second-order valence-electron chi connectivity index (χ2n) is 6.82. The minimum Gasteiger partial charge on any atom is -0.445 e. The largest absolute Gasteiger partial charge is 0.445 e. The summed E-state index contributed by atoms with van der Waals surface area (Å²) in [5.74, 6) is 2.64. The molecule has 1 unspecified atom stereocenters. The third kappa shape index (κ3) is 4.13. The Morgan fingerprint density at radius 1 is 1.18 bits per heavy atom. The van der Waals surface area contributed by atoms with Crippen LogP contribution in [-0.2, 0) is 4.79 Å². The summed E-state index contributed by atoms with van der Waals surface area (Å²) in [5, 5.41) is 3.15. The van der Waals surface area contributed by atoms with Crippen LogP contribution in [0.3, 0.4) is 0 Å². The molecule has 1 amide bonds. The van der Waals surface area contributed by atoms with Crippen molar-refractivity contribution >= 4 is 23.4 Å². The second kappa shape index (κ2) is 8.63. The molecule has 4 rings (SSSR count). The van der Waals surface area contributed by atoms with Crippen molar-refractivity contribution in [1.29, 1.82) is 0 Å². The van der Waals surface area contributed by atoms with Gasteiger partial charge in [0.15, 0.2) is 0 Å². The van der Waals surface area contributed by atoms with E-state index in [1.807, 2.05) is 67.2 Å². The molecule has 0 radical (unpaired) electrons. The summed E-state index contributed by atoms with van der Waals surface area (Å²) >= 11 is 1.94.